The van der Waals surface area contributed by atoms with E-state index in [1.807, 2.05) is 6.07 Å². The van der Waals surface area contributed by atoms with E-state index in [4.69, 9.17) is 15.7 Å². The summed E-state index contributed by atoms with van der Waals surface area (Å²) >= 11 is 0. The zero-order valence-corrected chi connectivity index (χ0v) is 10.9. The molecule has 1 fully saturated rings. The first-order chi connectivity index (χ1) is 9.61. The molecule has 1 aliphatic rings. The largest absolute Gasteiger partial charge is 0.377 e. The van der Waals surface area contributed by atoms with Crippen LogP contribution in [0.15, 0.2) is 24.3 Å². The highest BCUT2D eigenvalue weighted by Gasteiger charge is 2.31. The molecule has 6 nitrogen and oxygen atoms in total. The van der Waals surface area contributed by atoms with Crippen LogP contribution in [-0.2, 0) is 20.7 Å². The van der Waals surface area contributed by atoms with Crippen molar-refractivity contribution in [3.05, 3.63) is 35.4 Å². The first kappa shape index (κ1) is 14.0. The zero-order chi connectivity index (χ0) is 14.5. The Morgan fingerprint density at radius 1 is 1.40 bits per heavy atom. The highest BCUT2D eigenvalue weighted by atomic mass is 16.5. The molecule has 20 heavy (non-hydrogen) atoms. The summed E-state index contributed by atoms with van der Waals surface area (Å²) in [6.45, 7) is 0.917. The smallest absolute Gasteiger partial charge is 0.242 e. The van der Waals surface area contributed by atoms with Crippen LogP contribution in [-0.4, -0.2) is 42.5 Å². The molecule has 0 aromatic heterocycles. The summed E-state index contributed by atoms with van der Waals surface area (Å²) in [6.07, 6.45) is 0.176. The fourth-order valence-corrected chi connectivity index (χ4v) is 2.11. The topological polar surface area (TPSA) is 96.4 Å². The molecular weight excluding hydrogens is 258 g/mol. The molecule has 0 aliphatic carbocycles. The van der Waals surface area contributed by atoms with Gasteiger partial charge in [-0.2, -0.15) is 5.26 Å². The van der Waals surface area contributed by atoms with Gasteiger partial charge in [0.15, 0.2) is 0 Å². The average Bonchev–Trinajstić information content (AvgIpc) is 2.48. The summed E-state index contributed by atoms with van der Waals surface area (Å²) in [6, 6.07) is 8.11. The Bertz CT molecular complexity index is 548. The molecule has 2 amide bonds. The van der Waals surface area contributed by atoms with Crippen molar-refractivity contribution >= 4 is 11.8 Å². The first-order valence-corrected chi connectivity index (χ1v) is 6.27. The van der Waals surface area contributed by atoms with Gasteiger partial charge in [-0.15, -0.1) is 0 Å². The molecule has 2 N–H and O–H groups in total. The van der Waals surface area contributed by atoms with Gasteiger partial charge in [0.05, 0.1) is 31.3 Å². The SMILES string of the molecule is N#Cc1ccc(CC(=O)N2CCOCC2C(N)=O)cc1. The molecule has 0 bridgehead atoms. The van der Waals surface area contributed by atoms with Gasteiger partial charge in [0, 0.05) is 6.54 Å². The minimum Gasteiger partial charge on any atom is -0.377 e. The quantitative estimate of drug-likeness (QED) is 0.825. The van der Waals surface area contributed by atoms with Gasteiger partial charge >= 0.3 is 0 Å². The van der Waals surface area contributed by atoms with Gasteiger partial charge in [-0.05, 0) is 17.7 Å². The van der Waals surface area contributed by atoms with Crippen molar-refractivity contribution in [1.82, 2.24) is 4.90 Å². The summed E-state index contributed by atoms with van der Waals surface area (Å²) < 4.78 is 5.17. The highest BCUT2D eigenvalue weighted by molar-refractivity contribution is 5.87. The molecule has 6 heteroatoms. The molecule has 1 atom stereocenters. The van der Waals surface area contributed by atoms with Crippen LogP contribution in [0.1, 0.15) is 11.1 Å². The molecule has 0 radical (unpaired) electrons. The van der Waals surface area contributed by atoms with Crippen molar-refractivity contribution in [2.75, 3.05) is 19.8 Å². The van der Waals surface area contributed by atoms with E-state index < -0.39 is 11.9 Å². The van der Waals surface area contributed by atoms with Crippen molar-refractivity contribution in [3.8, 4) is 6.07 Å². The summed E-state index contributed by atoms with van der Waals surface area (Å²) in [5, 5.41) is 8.72. The van der Waals surface area contributed by atoms with Gasteiger partial charge in [-0.3, -0.25) is 9.59 Å². The molecule has 1 aliphatic heterocycles. The summed E-state index contributed by atoms with van der Waals surface area (Å²) in [7, 11) is 0. The van der Waals surface area contributed by atoms with Gasteiger partial charge in [-0.25, -0.2) is 0 Å². The van der Waals surface area contributed by atoms with E-state index in [-0.39, 0.29) is 18.9 Å². The third-order valence-corrected chi connectivity index (χ3v) is 3.22. The Balaban J connectivity index is 2.06. The number of carbonyl (C=O) groups excluding carboxylic acids is 2. The van der Waals surface area contributed by atoms with Crippen LogP contribution in [0.2, 0.25) is 0 Å². The Morgan fingerprint density at radius 2 is 2.10 bits per heavy atom. The van der Waals surface area contributed by atoms with Gasteiger partial charge < -0.3 is 15.4 Å². The van der Waals surface area contributed by atoms with Crippen molar-refractivity contribution < 1.29 is 14.3 Å². The highest BCUT2D eigenvalue weighted by Crippen LogP contribution is 2.11. The van der Waals surface area contributed by atoms with Crippen molar-refractivity contribution in [2.45, 2.75) is 12.5 Å². The molecule has 2 rings (SSSR count). The number of hydrogen-bond donors (Lipinski definition) is 1. The van der Waals surface area contributed by atoms with Crippen LogP contribution in [0.3, 0.4) is 0 Å². The van der Waals surface area contributed by atoms with Crippen LogP contribution < -0.4 is 5.73 Å². The third-order valence-electron chi connectivity index (χ3n) is 3.22. The second-order valence-electron chi connectivity index (χ2n) is 4.57. The fourth-order valence-electron chi connectivity index (χ4n) is 2.11. The number of nitrogens with two attached hydrogens (primary N) is 1. The van der Waals surface area contributed by atoms with Gasteiger partial charge in [0.25, 0.3) is 0 Å². The molecule has 0 saturated carbocycles. The van der Waals surface area contributed by atoms with E-state index >= 15 is 0 Å². The van der Waals surface area contributed by atoms with Crippen LogP contribution in [0.25, 0.3) is 0 Å². The van der Waals surface area contributed by atoms with Crippen LogP contribution >= 0.6 is 0 Å². The number of ether oxygens (including phenoxy) is 1. The predicted molar refractivity (Wildman–Crippen MR) is 70.4 cm³/mol. The standard InChI is InChI=1S/C14H15N3O3/c15-8-11-3-1-10(2-4-11)7-13(18)17-5-6-20-9-12(17)14(16)19/h1-4,12H,5-7,9H2,(H2,16,19). The van der Waals surface area contributed by atoms with Crippen LogP contribution in [0, 0.1) is 11.3 Å². The van der Waals surface area contributed by atoms with E-state index in [9.17, 15) is 9.59 Å². The second kappa shape index (κ2) is 6.17. The van der Waals surface area contributed by atoms with E-state index in [0.717, 1.165) is 5.56 Å². The summed E-state index contributed by atoms with van der Waals surface area (Å²) in [4.78, 5) is 25.0. The maximum atomic E-state index is 12.2. The third kappa shape index (κ3) is 3.13. The minimum atomic E-state index is -0.699. The summed E-state index contributed by atoms with van der Waals surface area (Å²) in [5.74, 6) is -0.723. The molecule has 0 spiro atoms. The number of morpholine rings is 1. The van der Waals surface area contributed by atoms with E-state index in [2.05, 4.69) is 0 Å². The maximum Gasteiger partial charge on any atom is 0.242 e. The monoisotopic (exact) mass is 273 g/mol. The first-order valence-electron chi connectivity index (χ1n) is 6.27. The van der Waals surface area contributed by atoms with Crippen molar-refractivity contribution in [2.24, 2.45) is 5.73 Å². The minimum absolute atomic E-state index is 0.147. The molecule has 1 aromatic carbocycles. The number of nitrogens with zero attached hydrogens (tertiary/aromatic N) is 2. The Morgan fingerprint density at radius 3 is 2.70 bits per heavy atom. The lowest BCUT2D eigenvalue weighted by molar-refractivity contribution is -0.146. The molecular formula is C14H15N3O3. The van der Waals surface area contributed by atoms with Crippen LogP contribution in [0.4, 0.5) is 0 Å². The van der Waals surface area contributed by atoms with Crippen molar-refractivity contribution in [1.29, 1.82) is 5.26 Å². The average molecular weight is 273 g/mol. The normalized spacial score (nSPS) is 18.4. The molecule has 1 saturated heterocycles. The number of hydrogen-bond acceptors (Lipinski definition) is 4. The van der Waals surface area contributed by atoms with Crippen LogP contribution in [0.5, 0.6) is 0 Å². The van der Waals surface area contributed by atoms with Crippen molar-refractivity contribution in [3.63, 3.8) is 0 Å². The Labute approximate surface area is 116 Å². The number of benzene rings is 1. The van der Waals surface area contributed by atoms with E-state index in [0.29, 0.717) is 18.7 Å². The zero-order valence-electron chi connectivity index (χ0n) is 10.9. The lowest BCUT2D eigenvalue weighted by Crippen LogP contribution is -2.55. The molecule has 1 aromatic rings. The van der Waals surface area contributed by atoms with E-state index in [1.165, 1.54) is 4.90 Å². The second-order valence-corrected chi connectivity index (χ2v) is 4.57. The van der Waals surface area contributed by atoms with E-state index in [1.54, 1.807) is 24.3 Å². The van der Waals surface area contributed by atoms with Gasteiger partial charge in [0.1, 0.15) is 6.04 Å². The maximum absolute atomic E-state index is 12.2. The number of primary amides is 1. The number of carbonyl (C=O) groups is 2. The Hall–Kier alpha value is -2.39. The number of rotatable bonds is 3. The number of nitriles is 1. The fraction of sp³-hybridized carbons (Fsp3) is 0.357. The lowest BCUT2D eigenvalue weighted by atomic mass is 10.1. The molecule has 1 unspecified atom stereocenters. The Kier molecular flexibility index (Phi) is 4.33. The summed E-state index contributed by atoms with van der Waals surface area (Å²) in [5.41, 5.74) is 6.62. The lowest BCUT2D eigenvalue weighted by Gasteiger charge is -2.33. The number of amides is 2. The molecule has 104 valence electrons. The van der Waals surface area contributed by atoms with Gasteiger partial charge in [-0.1, -0.05) is 12.1 Å². The predicted octanol–water partition coefficient (Wildman–Crippen LogP) is -0.187. The molecule has 1 heterocycles. The van der Waals surface area contributed by atoms with Gasteiger partial charge in [0.2, 0.25) is 11.8 Å².